The molecule has 4 nitrogen and oxygen atoms in total. The van der Waals surface area contributed by atoms with Gasteiger partial charge < -0.3 is 10.1 Å². The Hall–Kier alpha value is -1.92. The first-order valence-electron chi connectivity index (χ1n) is 7.92. The number of thiocarbonyl (C=S) groups is 1. The lowest BCUT2D eigenvalue weighted by atomic mass is 10.1. The zero-order chi connectivity index (χ0) is 18.6. The first kappa shape index (κ1) is 19.4. The lowest BCUT2D eigenvalue weighted by Gasteiger charge is -2.14. The standard InChI is InChI=1S/C19H21BrN2O2S/c1-11(2)24-15-7-5-6-14(10-15)18(23)22-19(25)21-17-9-13(4)12(3)8-16(17)20/h5-11H,1-4H3,(H2,21,22,23,25). The Morgan fingerprint density at radius 1 is 1.16 bits per heavy atom. The monoisotopic (exact) mass is 420 g/mol. The highest BCUT2D eigenvalue weighted by Gasteiger charge is 2.11. The van der Waals surface area contributed by atoms with Gasteiger partial charge in [0.1, 0.15) is 5.75 Å². The van der Waals surface area contributed by atoms with E-state index in [0.717, 1.165) is 15.7 Å². The molecule has 0 atom stereocenters. The number of hydrogen-bond acceptors (Lipinski definition) is 3. The van der Waals surface area contributed by atoms with Crippen LogP contribution in [0.5, 0.6) is 5.75 Å². The average Bonchev–Trinajstić information content (AvgIpc) is 2.52. The van der Waals surface area contributed by atoms with E-state index in [2.05, 4.69) is 26.6 Å². The third-order valence-electron chi connectivity index (χ3n) is 3.53. The van der Waals surface area contributed by atoms with E-state index < -0.39 is 0 Å². The summed E-state index contributed by atoms with van der Waals surface area (Å²) in [5.74, 6) is 0.366. The van der Waals surface area contributed by atoms with E-state index in [0.29, 0.717) is 11.3 Å². The number of carbonyl (C=O) groups is 1. The highest BCUT2D eigenvalue weighted by molar-refractivity contribution is 9.10. The van der Waals surface area contributed by atoms with Gasteiger partial charge in [-0.15, -0.1) is 0 Å². The molecule has 2 rings (SSSR count). The molecule has 25 heavy (non-hydrogen) atoms. The second-order valence-electron chi connectivity index (χ2n) is 6.02. The Morgan fingerprint density at radius 2 is 1.84 bits per heavy atom. The molecule has 0 aliphatic rings. The topological polar surface area (TPSA) is 50.4 Å². The van der Waals surface area contributed by atoms with E-state index in [4.69, 9.17) is 17.0 Å². The molecule has 1 amide bonds. The van der Waals surface area contributed by atoms with Crippen LogP contribution in [0.1, 0.15) is 35.3 Å². The summed E-state index contributed by atoms with van der Waals surface area (Å²) < 4.78 is 6.50. The molecular weight excluding hydrogens is 400 g/mol. The van der Waals surface area contributed by atoms with Crippen LogP contribution < -0.4 is 15.4 Å². The summed E-state index contributed by atoms with van der Waals surface area (Å²) in [6.45, 7) is 7.94. The maximum absolute atomic E-state index is 12.4. The van der Waals surface area contributed by atoms with Crippen molar-refractivity contribution in [2.24, 2.45) is 0 Å². The molecule has 0 unspecified atom stereocenters. The van der Waals surface area contributed by atoms with Crippen LogP contribution in [0.3, 0.4) is 0 Å². The number of rotatable bonds is 4. The largest absolute Gasteiger partial charge is 0.491 e. The summed E-state index contributed by atoms with van der Waals surface area (Å²) in [4.78, 5) is 12.4. The van der Waals surface area contributed by atoms with E-state index in [-0.39, 0.29) is 17.1 Å². The van der Waals surface area contributed by atoms with Gasteiger partial charge >= 0.3 is 0 Å². The van der Waals surface area contributed by atoms with Crippen molar-refractivity contribution in [3.8, 4) is 5.75 Å². The van der Waals surface area contributed by atoms with Crippen molar-refractivity contribution < 1.29 is 9.53 Å². The number of benzene rings is 2. The van der Waals surface area contributed by atoms with Crippen LogP contribution in [0, 0.1) is 13.8 Å². The van der Waals surface area contributed by atoms with Gasteiger partial charge in [0.25, 0.3) is 5.91 Å². The van der Waals surface area contributed by atoms with Gasteiger partial charge in [-0.25, -0.2) is 0 Å². The van der Waals surface area contributed by atoms with E-state index in [9.17, 15) is 4.79 Å². The van der Waals surface area contributed by atoms with Gasteiger partial charge in [-0.2, -0.15) is 0 Å². The van der Waals surface area contributed by atoms with Crippen LogP contribution in [-0.4, -0.2) is 17.1 Å². The summed E-state index contributed by atoms with van der Waals surface area (Å²) >= 11 is 8.76. The van der Waals surface area contributed by atoms with E-state index >= 15 is 0 Å². The zero-order valence-electron chi connectivity index (χ0n) is 14.6. The molecule has 2 aromatic carbocycles. The number of anilines is 1. The van der Waals surface area contributed by atoms with E-state index in [1.807, 2.05) is 45.9 Å². The number of hydrogen-bond donors (Lipinski definition) is 2. The molecule has 0 aromatic heterocycles. The third-order valence-corrected chi connectivity index (χ3v) is 4.39. The minimum atomic E-state index is -0.285. The second-order valence-corrected chi connectivity index (χ2v) is 7.28. The minimum Gasteiger partial charge on any atom is -0.491 e. The molecule has 0 aliphatic heterocycles. The smallest absolute Gasteiger partial charge is 0.257 e. The molecular formula is C19H21BrN2O2S. The number of ether oxygens (including phenoxy) is 1. The Balaban J connectivity index is 2.05. The summed E-state index contributed by atoms with van der Waals surface area (Å²) in [7, 11) is 0. The fourth-order valence-corrected chi connectivity index (χ4v) is 2.95. The van der Waals surface area contributed by atoms with Gasteiger partial charge in [0.15, 0.2) is 5.11 Å². The van der Waals surface area contributed by atoms with Crippen molar-refractivity contribution in [3.63, 3.8) is 0 Å². The van der Waals surface area contributed by atoms with Crippen molar-refractivity contribution >= 4 is 44.9 Å². The molecule has 2 N–H and O–H groups in total. The minimum absolute atomic E-state index is 0.0446. The highest BCUT2D eigenvalue weighted by Crippen LogP contribution is 2.26. The normalized spacial score (nSPS) is 10.5. The molecule has 0 heterocycles. The predicted molar refractivity (Wildman–Crippen MR) is 110 cm³/mol. The van der Waals surface area contributed by atoms with Gasteiger partial charge in [0.05, 0.1) is 11.8 Å². The first-order chi connectivity index (χ1) is 11.8. The highest BCUT2D eigenvalue weighted by atomic mass is 79.9. The van der Waals surface area contributed by atoms with Crippen molar-refractivity contribution in [3.05, 3.63) is 57.6 Å². The van der Waals surface area contributed by atoms with Gasteiger partial charge in [-0.1, -0.05) is 6.07 Å². The van der Waals surface area contributed by atoms with Gasteiger partial charge in [-0.3, -0.25) is 10.1 Å². The van der Waals surface area contributed by atoms with E-state index in [1.165, 1.54) is 5.56 Å². The predicted octanol–water partition coefficient (Wildman–Crippen LogP) is 4.98. The molecule has 6 heteroatoms. The lowest BCUT2D eigenvalue weighted by Crippen LogP contribution is -2.34. The number of amides is 1. The van der Waals surface area contributed by atoms with Crippen molar-refractivity contribution in [2.75, 3.05) is 5.32 Å². The molecule has 0 fully saturated rings. The van der Waals surface area contributed by atoms with Gasteiger partial charge in [0.2, 0.25) is 0 Å². The molecule has 2 aromatic rings. The summed E-state index contributed by atoms with van der Waals surface area (Å²) in [5.41, 5.74) is 3.61. The van der Waals surface area contributed by atoms with Crippen molar-refractivity contribution in [2.45, 2.75) is 33.8 Å². The SMILES string of the molecule is Cc1cc(Br)c(NC(=S)NC(=O)c2cccc(OC(C)C)c2)cc1C. The average molecular weight is 421 g/mol. The van der Waals surface area contributed by atoms with Crippen LogP contribution in [0.4, 0.5) is 5.69 Å². The quantitative estimate of drug-likeness (QED) is 0.684. The van der Waals surface area contributed by atoms with Gasteiger partial charge in [0, 0.05) is 10.0 Å². The van der Waals surface area contributed by atoms with Gasteiger partial charge in [-0.05, 0) is 97.3 Å². The Kier molecular flexibility index (Phi) is 6.56. The maximum Gasteiger partial charge on any atom is 0.257 e. The maximum atomic E-state index is 12.4. The molecule has 0 saturated heterocycles. The summed E-state index contributed by atoms with van der Waals surface area (Å²) in [6.07, 6.45) is 0.0446. The number of aryl methyl sites for hydroxylation is 2. The van der Waals surface area contributed by atoms with Crippen LogP contribution >= 0.6 is 28.1 Å². The fraction of sp³-hybridized carbons (Fsp3) is 0.263. The number of carbonyl (C=O) groups excluding carboxylic acids is 1. The zero-order valence-corrected chi connectivity index (χ0v) is 17.0. The molecule has 132 valence electrons. The third kappa shape index (κ3) is 5.54. The van der Waals surface area contributed by atoms with Crippen LogP contribution in [0.15, 0.2) is 40.9 Å². The van der Waals surface area contributed by atoms with Crippen molar-refractivity contribution in [1.82, 2.24) is 5.32 Å². The van der Waals surface area contributed by atoms with Crippen LogP contribution in [-0.2, 0) is 0 Å². The molecule has 0 aliphatic carbocycles. The molecule has 0 saturated carbocycles. The fourth-order valence-electron chi connectivity index (χ4n) is 2.19. The Labute approximate surface area is 162 Å². The Morgan fingerprint density at radius 3 is 2.52 bits per heavy atom. The molecule has 0 spiro atoms. The summed E-state index contributed by atoms with van der Waals surface area (Å²) in [5, 5.41) is 5.98. The van der Waals surface area contributed by atoms with E-state index in [1.54, 1.807) is 18.2 Å². The second kappa shape index (κ2) is 8.45. The lowest BCUT2D eigenvalue weighted by molar-refractivity contribution is 0.0977. The molecule has 0 bridgehead atoms. The Bertz CT molecular complexity index is 806. The summed E-state index contributed by atoms with van der Waals surface area (Å²) in [6, 6.07) is 11.0. The molecule has 0 radical (unpaired) electrons. The van der Waals surface area contributed by atoms with Crippen LogP contribution in [0.2, 0.25) is 0 Å². The number of halogens is 1. The van der Waals surface area contributed by atoms with Crippen LogP contribution in [0.25, 0.3) is 0 Å². The number of nitrogens with one attached hydrogen (secondary N) is 2. The first-order valence-corrected chi connectivity index (χ1v) is 9.12. The van der Waals surface area contributed by atoms with Crippen molar-refractivity contribution in [1.29, 1.82) is 0 Å².